The largest absolute Gasteiger partial charge is 0.493 e. The third-order valence-corrected chi connectivity index (χ3v) is 20.5. The molecule has 518 valence electrons. The standard InChI is InChI=1S/C89H152N2/c1-9-17-25-33-35-36-37-38-39-40-41-42-43-44-45-46-47-48-49-50-51-52-53-54-55-57-65-73-87-86(72-64-56-34-26-18-10-2)88(82-74-78(66-58-27-19-11-3)84(70-62-31-23-15-7)79(75-82)67-59-28-20-12-4)91(90)89(87)83-76-80(68-60-29-21-13-5)85(71-63-32-24-16-8)81(77-83)69-61-30-22-14-6/h65,73-77H,9-63,66-71H2,1-8H3. The third kappa shape index (κ3) is 37.1. The molecule has 2 aromatic rings. The van der Waals surface area contributed by atoms with Gasteiger partial charge in [-0.1, -0.05) is 368 Å². The summed E-state index contributed by atoms with van der Waals surface area (Å²) in [5, 5.41) is 0. The fourth-order valence-electron chi connectivity index (χ4n) is 14.6. The van der Waals surface area contributed by atoms with Crippen LogP contribution in [0.3, 0.4) is 0 Å². The summed E-state index contributed by atoms with van der Waals surface area (Å²) in [4.78, 5) is 0. The lowest BCUT2D eigenvalue weighted by atomic mass is 9.87. The van der Waals surface area contributed by atoms with Crippen molar-refractivity contribution in [2.45, 2.75) is 447 Å². The highest BCUT2D eigenvalue weighted by Gasteiger charge is 2.36. The van der Waals surface area contributed by atoms with Crippen molar-refractivity contribution >= 4 is 11.4 Å². The SMILES string of the molecule is CCCCCCC#CC1=C(c2cc(CCCCCC)c(CCCCCC)c(CCCCCC)c2)[N+](=[N-])C(c2cc(CCCCCC)c(CCCCCC)c(CCCCCC)c2)=C1C=CCCCCCCCCCCCCCCCCCCCCCCCCCCC. The van der Waals surface area contributed by atoms with Gasteiger partial charge in [0.2, 0.25) is 11.4 Å². The number of hydrogen-bond acceptors (Lipinski definition) is 0. The summed E-state index contributed by atoms with van der Waals surface area (Å²) in [7, 11) is 0. The van der Waals surface area contributed by atoms with Gasteiger partial charge in [-0.3, -0.25) is 0 Å². The number of rotatable bonds is 63. The zero-order valence-corrected chi connectivity index (χ0v) is 62.5. The molecule has 1 aliphatic heterocycles. The molecule has 0 spiro atoms. The quantitative estimate of drug-likeness (QED) is 0.0358. The van der Waals surface area contributed by atoms with E-state index in [1.165, 1.54) is 369 Å². The van der Waals surface area contributed by atoms with E-state index in [9.17, 15) is 5.53 Å². The van der Waals surface area contributed by atoms with Gasteiger partial charge in [0.25, 0.3) is 0 Å². The van der Waals surface area contributed by atoms with E-state index < -0.39 is 0 Å². The van der Waals surface area contributed by atoms with Crippen LogP contribution in [0.1, 0.15) is 453 Å². The second-order valence-corrected chi connectivity index (χ2v) is 29.0. The molecule has 0 saturated carbocycles. The highest BCUT2D eigenvalue weighted by molar-refractivity contribution is 5.88. The molecule has 0 saturated heterocycles. The maximum Gasteiger partial charge on any atom is 0.224 e. The summed E-state index contributed by atoms with van der Waals surface area (Å²) in [5.41, 5.74) is 29.5. The normalized spacial score (nSPS) is 12.7. The van der Waals surface area contributed by atoms with Crippen molar-refractivity contribution in [2.75, 3.05) is 0 Å². The minimum Gasteiger partial charge on any atom is -0.493 e. The molecule has 3 rings (SSSR count). The molecule has 91 heavy (non-hydrogen) atoms. The molecular weight excluding hydrogens is 1100 g/mol. The molecule has 2 heteroatoms. The molecule has 0 N–H and O–H groups in total. The topological polar surface area (TPSA) is 25.3 Å². The zero-order valence-electron chi connectivity index (χ0n) is 62.5. The van der Waals surface area contributed by atoms with Crippen molar-refractivity contribution in [3.8, 4) is 11.8 Å². The first-order chi connectivity index (χ1) is 44.9. The van der Waals surface area contributed by atoms with Crippen molar-refractivity contribution in [2.24, 2.45) is 0 Å². The van der Waals surface area contributed by atoms with Crippen LogP contribution in [-0.4, -0.2) is 4.70 Å². The number of benzene rings is 2. The first kappa shape index (κ1) is 82.1. The summed E-state index contributed by atoms with van der Waals surface area (Å²) >= 11 is 0. The summed E-state index contributed by atoms with van der Waals surface area (Å²) in [6.07, 6.45) is 84.7. The van der Waals surface area contributed by atoms with Gasteiger partial charge in [-0.15, -0.1) is 0 Å². The summed E-state index contributed by atoms with van der Waals surface area (Å²) < 4.78 is 1.69. The Morgan fingerprint density at radius 3 is 0.857 bits per heavy atom. The van der Waals surface area contributed by atoms with Crippen LogP contribution in [0.4, 0.5) is 0 Å². The van der Waals surface area contributed by atoms with E-state index in [0.29, 0.717) is 0 Å². The molecular formula is C89H152N2. The van der Waals surface area contributed by atoms with Crippen molar-refractivity contribution < 1.29 is 4.70 Å². The van der Waals surface area contributed by atoms with E-state index in [0.717, 1.165) is 67.5 Å². The van der Waals surface area contributed by atoms with Gasteiger partial charge in [-0.2, -0.15) is 0 Å². The molecule has 0 aliphatic carbocycles. The Labute approximate surface area is 569 Å². The molecule has 2 nitrogen and oxygen atoms in total. The highest BCUT2D eigenvalue weighted by Crippen LogP contribution is 2.44. The first-order valence-electron chi connectivity index (χ1n) is 41.4. The molecule has 0 bridgehead atoms. The molecule has 0 atom stereocenters. The number of unbranched alkanes of at least 4 members (excludes halogenated alkanes) is 47. The molecule has 0 aromatic heterocycles. The predicted molar refractivity (Wildman–Crippen MR) is 409 cm³/mol. The van der Waals surface area contributed by atoms with Gasteiger partial charge >= 0.3 is 0 Å². The number of allylic oxidation sites excluding steroid dienone is 4. The van der Waals surface area contributed by atoms with Crippen LogP contribution in [0.2, 0.25) is 0 Å². The van der Waals surface area contributed by atoms with E-state index >= 15 is 0 Å². The average Bonchev–Trinajstić information content (AvgIpc) is 1.80. The van der Waals surface area contributed by atoms with Gasteiger partial charge in [0, 0.05) is 17.5 Å². The minimum atomic E-state index is 0.896. The molecule has 1 heterocycles. The number of aryl methyl sites for hydroxylation is 4. The third-order valence-electron chi connectivity index (χ3n) is 20.5. The Morgan fingerprint density at radius 1 is 0.297 bits per heavy atom. The fraction of sp³-hybridized carbons (Fsp3) is 0.775. The van der Waals surface area contributed by atoms with Crippen molar-refractivity contribution in [1.29, 1.82) is 0 Å². The minimum absolute atomic E-state index is 0.896. The van der Waals surface area contributed by atoms with Crippen LogP contribution in [0, 0.1) is 11.8 Å². The Bertz CT molecular complexity index is 2190. The molecule has 2 aromatic carbocycles. The van der Waals surface area contributed by atoms with Gasteiger partial charge < -0.3 is 5.53 Å². The maximum atomic E-state index is 13.6. The molecule has 0 unspecified atom stereocenters. The molecule has 0 amide bonds. The highest BCUT2D eigenvalue weighted by atomic mass is 15.2. The van der Waals surface area contributed by atoms with Gasteiger partial charge in [0.15, 0.2) is 0 Å². The lowest BCUT2D eigenvalue weighted by Gasteiger charge is -2.20. The van der Waals surface area contributed by atoms with Crippen LogP contribution in [0.5, 0.6) is 0 Å². The van der Waals surface area contributed by atoms with Crippen LogP contribution in [-0.2, 0) is 38.5 Å². The Balaban J connectivity index is 1.98. The van der Waals surface area contributed by atoms with Crippen molar-refractivity contribution in [3.63, 3.8) is 0 Å². The number of nitrogens with zero attached hydrogens (tertiary/aromatic N) is 2. The van der Waals surface area contributed by atoms with Crippen LogP contribution in [0.25, 0.3) is 16.9 Å². The summed E-state index contributed by atoms with van der Waals surface area (Å²) in [6, 6.07) is 10.3. The van der Waals surface area contributed by atoms with Crippen LogP contribution < -0.4 is 0 Å². The van der Waals surface area contributed by atoms with E-state index in [2.05, 4.69) is 104 Å². The number of hydrogen-bond donors (Lipinski definition) is 0. The van der Waals surface area contributed by atoms with Gasteiger partial charge in [-0.25, -0.2) is 4.70 Å². The van der Waals surface area contributed by atoms with E-state index in [4.69, 9.17) is 0 Å². The molecule has 0 fully saturated rings. The van der Waals surface area contributed by atoms with Crippen molar-refractivity contribution in [3.05, 3.63) is 97.6 Å². The Kier molecular flexibility index (Phi) is 52.5. The lowest BCUT2D eigenvalue weighted by Crippen LogP contribution is -2.09. The molecule has 0 radical (unpaired) electrons. The van der Waals surface area contributed by atoms with E-state index in [1.807, 2.05) is 0 Å². The van der Waals surface area contributed by atoms with Gasteiger partial charge in [0.05, 0.1) is 5.57 Å². The monoisotopic (exact) mass is 1250 g/mol. The van der Waals surface area contributed by atoms with Crippen LogP contribution in [0.15, 0.2) is 47.6 Å². The predicted octanol–water partition coefficient (Wildman–Crippen LogP) is 30.3. The zero-order chi connectivity index (χ0) is 65.3. The van der Waals surface area contributed by atoms with Crippen molar-refractivity contribution in [1.82, 2.24) is 0 Å². The van der Waals surface area contributed by atoms with Gasteiger partial charge in [-0.05, 0) is 154 Å². The summed E-state index contributed by atoms with van der Waals surface area (Å²) in [5.74, 6) is 7.71. The smallest absolute Gasteiger partial charge is 0.224 e. The van der Waals surface area contributed by atoms with Gasteiger partial charge in [0.1, 0.15) is 5.57 Å². The summed E-state index contributed by atoms with van der Waals surface area (Å²) in [6.45, 7) is 18.7. The Hall–Kier alpha value is -3.18. The Morgan fingerprint density at radius 2 is 0.549 bits per heavy atom. The first-order valence-corrected chi connectivity index (χ1v) is 41.4. The lowest BCUT2D eigenvalue weighted by molar-refractivity contribution is -0.344. The molecule has 1 aliphatic rings. The van der Waals surface area contributed by atoms with E-state index in [-0.39, 0.29) is 0 Å². The average molecular weight is 1250 g/mol. The maximum absolute atomic E-state index is 13.6. The van der Waals surface area contributed by atoms with Crippen LogP contribution >= 0.6 is 0 Å². The second-order valence-electron chi connectivity index (χ2n) is 29.0. The second kappa shape index (κ2) is 58.2. The van der Waals surface area contributed by atoms with E-state index in [1.54, 1.807) is 27.0 Å². The fourth-order valence-corrected chi connectivity index (χ4v) is 14.6.